The molecule has 2 aliphatic rings. The van der Waals surface area contributed by atoms with Crippen LogP contribution in [-0.2, 0) is 4.79 Å². The molecular formula is C28H31ClF2N8O2S. The van der Waals surface area contributed by atoms with Crippen LogP contribution in [0, 0.1) is 11.6 Å². The van der Waals surface area contributed by atoms with Crippen LogP contribution in [0.1, 0.15) is 19.8 Å². The summed E-state index contributed by atoms with van der Waals surface area (Å²) in [6.07, 6.45) is 2.05. The highest BCUT2D eigenvalue weighted by atomic mass is 35.5. The van der Waals surface area contributed by atoms with E-state index in [0.717, 1.165) is 30.7 Å². The molecule has 0 unspecified atom stereocenters. The standard InChI is InChI=1S/C28H31ClF2N8O2S/c1-3-39(15-11-38(12-15)20(40)10-32)26-17-9-18(29)21(16-6-7-19(30)25-24(16)34-27(33)42-25)22(31)23(17)35-28(36-26)41-13-14-5-4-8-37(14)2/h6-7,9,14-15H,3-5,8,10-13,32H2,1-2H3,(H2,33,34)/t14-/m0/s1. The lowest BCUT2D eigenvalue weighted by Gasteiger charge is -2.45. The quantitative estimate of drug-likeness (QED) is 0.303. The number of fused-ring (bicyclic) bond motifs is 2. The van der Waals surface area contributed by atoms with E-state index in [4.69, 9.17) is 32.8 Å². The highest BCUT2D eigenvalue weighted by Crippen LogP contribution is 2.43. The van der Waals surface area contributed by atoms with E-state index in [2.05, 4.69) is 14.9 Å². The number of anilines is 2. The highest BCUT2D eigenvalue weighted by Gasteiger charge is 2.36. The van der Waals surface area contributed by atoms with Crippen molar-refractivity contribution >= 4 is 60.9 Å². The first kappa shape index (κ1) is 28.7. The van der Waals surface area contributed by atoms with E-state index in [-0.39, 0.29) is 62.0 Å². The van der Waals surface area contributed by atoms with E-state index in [9.17, 15) is 9.18 Å². The van der Waals surface area contributed by atoms with Gasteiger partial charge < -0.3 is 30.9 Å². The van der Waals surface area contributed by atoms with Gasteiger partial charge in [0.15, 0.2) is 10.9 Å². The van der Waals surface area contributed by atoms with Crippen LogP contribution in [0.2, 0.25) is 5.02 Å². The normalized spacial score (nSPS) is 17.8. The Morgan fingerprint density at radius 2 is 2.02 bits per heavy atom. The van der Waals surface area contributed by atoms with Crippen LogP contribution in [0.4, 0.5) is 19.7 Å². The molecule has 1 amide bonds. The fraction of sp³-hybridized carbons (Fsp3) is 0.429. The van der Waals surface area contributed by atoms with Gasteiger partial charge >= 0.3 is 6.01 Å². The molecule has 4 N–H and O–H groups in total. The molecule has 0 spiro atoms. The third-order valence-electron chi connectivity index (χ3n) is 8.14. The summed E-state index contributed by atoms with van der Waals surface area (Å²) in [5.74, 6) is -0.880. The summed E-state index contributed by atoms with van der Waals surface area (Å²) in [7, 11) is 2.04. The maximum absolute atomic E-state index is 16.6. The Morgan fingerprint density at radius 1 is 1.24 bits per heavy atom. The average Bonchev–Trinajstić information content (AvgIpc) is 3.55. The fourth-order valence-corrected chi connectivity index (χ4v) is 6.87. The van der Waals surface area contributed by atoms with Gasteiger partial charge in [-0.15, -0.1) is 0 Å². The number of nitrogens with zero attached hydrogens (tertiary/aromatic N) is 6. The SMILES string of the molecule is CCN(c1nc(OC[C@@H]2CCCN2C)nc2c(F)c(-c3ccc(F)c4sc(N)nc34)c(Cl)cc12)C1CN(C(=O)CN)C1. The highest BCUT2D eigenvalue weighted by molar-refractivity contribution is 7.22. The number of likely N-dealkylation sites (N-methyl/N-ethyl adjacent to an activating group) is 2. The average molecular weight is 617 g/mol. The van der Waals surface area contributed by atoms with Crippen molar-refractivity contribution in [3.63, 3.8) is 0 Å². The lowest BCUT2D eigenvalue weighted by Crippen LogP contribution is -2.62. The van der Waals surface area contributed by atoms with Gasteiger partial charge in [-0.2, -0.15) is 9.97 Å². The number of likely N-dealkylation sites (tertiary alicyclic amines) is 2. The molecule has 14 heteroatoms. The number of carbonyl (C=O) groups is 1. The molecule has 0 bridgehead atoms. The van der Waals surface area contributed by atoms with Crippen molar-refractivity contribution in [1.82, 2.24) is 24.8 Å². The Balaban J connectivity index is 1.48. The number of benzene rings is 2. The number of hydrogen-bond acceptors (Lipinski definition) is 10. The first-order chi connectivity index (χ1) is 20.2. The minimum absolute atomic E-state index is 0.0162. The zero-order valence-corrected chi connectivity index (χ0v) is 24.8. The number of nitrogens with two attached hydrogens (primary N) is 2. The smallest absolute Gasteiger partial charge is 0.319 e. The monoisotopic (exact) mass is 616 g/mol. The predicted molar refractivity (Wildman–Crippen MR) is 161 cm³/mol. The van der Waals surface area contributed by atoms with Crippen molar-refractivity contribution < 1.29 is 18.3 Å². The number of carbonyl (C=O) groups excluding carboxylic acids is 1. The molecule has 2 aromatic carbocycles. The van der Waals surface area contributed by atoms with Crippen molar-refractivity contribution in [2.45, 2.75) is 31.8 Å². The van der Waals surface area contributed by atoms with Crippen molar-refractivity contribution in [2.24, 2.45) is 5.73 Å². The molecule has 222 valence electrons. The largest absolute Gasteiger partial charge is 0.462 e. The molecule has 2 aliphatic heterocycles. The van der Waals surface area contributed by atoms with E-state index in [1.807, 2.05) is 18.9 Å². The number of halogens is 3. The van der Waals surface area contributed by atoms with Crippen molar-refractivity contribution in [3.8, 4) is 17.1 Å². The van der Waals surface area contributed by atoms with Gasteiger partial charge in [-0.05, 0) is 51.6 Å². The van der Waals surface area contributed by atoms with Crippen LogP contribution >= 0.6 is 22.9 Å². The van der Waals surface area contributed by atoms with E-state index < -0.39 is 11.6 Å². The van der Waals surface area contributed by atoms with Crippen LogP contribution in [0.25, 0.3) is 32.2 Å². The van der Waals surface area contributed by atoms with Crippen molar-refractivity contribution in [3.05, 3.63) is 34.9 Å². The Kier molecular flexibility index (Phi) is 7.77. The number of nitrogen functional groups attached to an aromatic ring is 1. The van der Waals surface area contributed by atoms with E-state index in [1.165, 1.54) is 12.1 Å². The van der Waals surface area contributed by atoms with Crippen molar-refractivity contribution in [2.75, 3.05) is 57.0 Å². The summed E-state index contributed by atoms with van der Waals surface area (Å²) in [5.41, 5.74) is 12.0. The molecule has 4 aromatic rings. The van der Waals surface area contributed by atoms with Crippen LogP contribution in [0.15, 0.2) is 18.2 Å². The third-order valence-corrected chi connectivity index (χ3v) is 9.33. The molecule has 0 aliphatic carbocycles. The Morgan fingerprint density at radius 3 is 2.71 bits per heavy atom. The first-order valence-corrected chi connectivity index (χ1v) is 15.0. The lowest BCUT2D eigenvalue weighted by atomic mass is 10.0. The fourth-order valence-electron chi connectivity index (χ4n) is 5.81. The number of amides is 1. The second-order valence-corrected chi connectivity index (χ2v) is 12.1. The van der Waals surface area contributed by atoms with Gasteiger partial charge in [-0.25, -0.2) is 13.8 Å². The maximum atomic E-state index is 16.6. The molecule has 1 atom stereocenters. The first-order valence-electron chi connectivity index (χ1n) is 13.8. The van der Waals surface area contributed by atoms with Gasteiger partial charge in [-0.3, -0.25) is 4.79 Å². The molecule has 0 radical (unpaired) electrons. The third kappa shape index (κ3) is 4.97. The Bertz CT molecular complexity index is 1680. The molecule has 42 heavy (non-hydrogen) atoms. The van der Waals surface area contributed by atoms with Gasteiger partial charge in [-0.1, -0.05) is 22.9 Å². The van der Waals surface area contributed by atoms with Gasteiger partial charge in [0.1, 0.15) is 23.8 Å². The summed E-state index contributed by atoms with van der Waals surface area (Å²) in [4.78, 5) is 31.5. The summed E-state index contributed by atoms with van der Waals surface area (Å²) in [6, 6.07) is 4.49. The van der Waals surface area contributed by atoms with E-state index >= 15 is 4.39 Å². The minimum atomic E-state index is -0.701. The zero-order chi connectivity index (χ0) is 29.7. The van der Waals surface area contributed by atoms with E-state index in [0.29, 0.717) is 43.0 Å². The molecule has 4 heterocycles. The second kappa shape index (κ2) is 11.4. The summed E-state index contributed by atoms with van der Waals surface area (Å²) in [6.45, 7) is 4.69. The Hall–Kier alpha value is -3.39. The van der Waals surface area contributed by atoms with Gasteiger partial charge in [0.25, 0.3) is 0 Å². The molecule has 0 saturated carbocycles. The molecular weight excluding hydrogens is 586 g/mol. The van der Waals surface area contributed by atoms with Crippen molar-refractivity contribution in [1.29, 1.82) is 0 Å². The van der Waals surface area contributed by atoms with Crippen LogP contribution in [0.3, 0.4) is 0 Å². The van der Waals surface area contributed by atoms with Gasteiger partial charge in [0.05, 0.1) is 27.8 Å². The number of rotatable bonds is 8. The minimum Gasteiger partial charge on any atom is -0.462 e. The molecule has 2 aromatic heterocycles. The molecule has 2 fully saturated rings. The number of thiazole rings is 1. The van der Waals surface area contributed by atoms with Crippen LogP contribution in [-0.4, -0.2) is 89.1 Å². The lowest BCUT2D eigenvalue weighted by molar-refractivity contribution is -0.133. The maximum Gasteiger partial charge on any atom is 0.319 e. The van der Waals surface area contributed by atoms with Gasteiger partial charge in [0, 0.05) is 42.2 Å². The van der Waals surface area contributed by atoms with E-state index in [1.54, 1.807) is 11.0 Å². The van der Waals surface area contributed by atoms with Gasteiger partial charge in [0.2, 0.25) is 5.91 Å². The van der Waals surface area contributed by atoms with Crippen LogP contribution < -0.4 is 21.1 Å². The second-order valence-electron chi connectivity index (χ2n) is 10.6. The number of aromatic nitrogens is 3. The summed E-state index contributed by atoms with van der Waals surface area (Å²) in [5, 5.41) is 0.649. The number of hydrogen-bond donors (Lipinski definition) is 2. The predicted octanol–water partition coefficient (Wildman–Crippen LogP) is 3.89. The number of ether oxygens (including phenoxy) is 1. The zero-order valence-electron chi connectivity index (χ0n) is 23.2. The summed E-state index contributed by atoms with van der Waals surface area (Å²) < 4.78 is 37.5. The topological polar surface area (TPSA) is 127 Å². The van der Waals surface area contributed by atoms with Crippen LogP contribution in [0.5, 0.6) is 6.01 Å². The molecule has 2 saturated heterocycles. The molecule has 6 rings (SSSR count). The Labute approximate surface area is 250 Å². The summed E-state index contributed by atoms with van der Waals surface area (Å²) >= 11 is 7.74. The molecule has 10 nitrogen and oxygen atoms in total.